The van der Waals surface area contributed by atoms with E-state index in [0.717, 1.165) is 12.1 Å². The minimum atomic E-state index is -0.364. The molecule has 4 rings (SSSR count). The maximum Gasteiger partial charge on any atom is 0.340 e. The number of carbonyl (C=O) groups is 1. The number of aliphatic hydroxyl groups is 1. The van der Waals surface area contributed by atoms with E-state index in [9.17, 15) is 14.3 Å². The molecule has 1 N–H and O–H groups in total. The summed E-state index contributed by atoms with van der Waals surface area (Å²) in [6.45, 7) is 4.99. The standard InChI is InChI=1S/C24H29FN4O3/c1-3-28(13-14-30)12-11-27(2)24(31)29-23(17-7-5-4-6-8-17)20-16-32-21-10-9-18(25)15-19(21)22(20)26-29/h4-10,15,20,23,30H,3,11-14,16H2,1-2H3. The molecule has 2 aliphatic heterocycles. The van der Waals surface area contributed by atoms with Gasteiger partial charge in [-0.15, -0.1) is 0 Å². The minimum absolute atomic E-state index is 0.0824. The van der Waals surface area contributed by atoms with Crippen LogP contribution in [-0.2, 0) is 0 Å². The molecule has 2 aliphatic rings. The number of nitrogens with zero attached hydrogens (tertiary/aromatic N) is 4. The van der Waals surface area contributed by atoms with Crippen LogP contribution in [0.1, 0.15) is 24.1 Å². The first-order chi connectivity index (χ1) is 15.5. The first-order valence-corrected chi connectivity index (χ1v) is 11.0. The Balaban J connectivity index is 1.63. The largest absolute Gasteiger partial charge is 0.492 e. The molecule has 2 amide bonds. The second kappa shape index (κ2) is 9.67. The topological polar surface area (TPSA) is 68.6 Å². The third kappa shape index (κ3) is 4.33. The fourth-order valence-electron chi connectivity index (χ4n) is 4.32. The third-order valence-corrected chi connectivity index (χ3v) is 6.13. The number of halogens is 1. The lowest BCUT2D eigenvalue weighted by atomic mass is 9.86. The second-order valence-electron chi connectivity index (χ2n) is 8.11. The van der Waals surface area contributed by atoms with Crippen LogP contribution < -0.4 is 4.74 Å². The van der Waals surface area contributed by atoms with Crippen LogP contribution in [0.2, 0.25) is 0 Å². The predicted molar refractivity (Wildman–Crippen MR) is 120 cm³/mol. The molecule has 0 aromatic heterocycles. The van der Waals surface area contributed by atoms with Crippen molar-refractivity contribution in [2.75, 3.05) is 46.4 Å². The van der Waals surface area contributed by atoms with Gasteiger partial charge in [0.1, 0.15) is 11.6 Å². The Morgan fingerprint density at radius 1 is 1.22 bits per heavy atom. The molecule has 0 fully saturated rings. The molecule has 0 radical (unpaired) electrons. The number of amides is 2. The van der Waals surface area contributed by atoms with Crippen LogP contribution in [0.5, 0.6) is 5.75 Å². The zero-order valence-corrected chi connectivity index (χ0v) is 18.4. The number of hydrogen-bond acceptors (Lipinski definition) is 5. The van der Waals surface area contributed by atoms with E-state index in [1.807, 2.05) is 37.3 Å². The summed E-state index contributed by atoms with van der Waals surface area (Å²) >= 11 is 0. The lowest BCUT2D eigenvalue weighted by molar-refractivity contribution is 0.126. The highest BCUT2D eigenvalue weighted by Crippen LogP contribution is 2.42. The van der Waals surface area contributed by atoms with Gasteiger partial charge >= 0.3 is 6.03 Å². The molecule has 0 saturated heterocycles. The molecule has 7 nitrogen and oxygen atoms in total. The van der Waals surface area contributed by atoms with Gasteiger partial charge in [0.2, 0.25) is 0 Å². The molecule has 8 heteroatoms. The van der Waals surface area contributed by atoms with Gasteiger partial charge < -0.3 is 14.7 Å². The molecule has 2 aromatic rings. The van der Waals surface area contributed by atoms with E-state index in [-0.39, 0.29) is 30.4 Å². The van der Waals surface area contributed by atoms with E-state index in [1.54, 1.807) is 18.0 Å². The summed E-state index contributed by atoms with van der Waals surface area (Å²) in [4.78, 5) is 17.2. The minimum Gasteiger partial charge on any atom is -0.492 e. The lowest BCUT2D eigenvalue weighted by Gasteiger charge is -2.32. The molecule has 0 spiro atoms. The van der Waals surface area contributed by atoms with Gasteiger partial charge in [0.05, 0.1) is 30.9 Å². The van der Waals surface area contributed by atoms with E-state index in [2.05, 4.69) is 4.90 Å². The van der Waals surface area contributed by atoms with Gasteiger partial charge in [-0.1, -0.05) is 37.3 Å². The number of benzene rings is 2. The van der Waals surface area contributed by atoms with Gasteiger partial charge in [0.25, 0.3) is 0 Å². The zero-order valence-electron chi connectivity index (χ0n) is 18.4. The van der Waals surface area contributed by atoms with E-state index in [4.69, 9.17) is 9.84 Å². The number of fused-ring (bicyclic) bond motifs is 3. The van der Waals surface area contributed by atoms with Gasteiger partial charge in [-0.2, -0.15) is 5.10 Å². The maximum absolute atomic E-state index is 14.0. The number of likely N-dealkylation sites (N-methyl/N-ethyl adjacent to an activating group) is 2. The smallest absolute Gasteiger partial charge is 0.340 e. The predicted octanol–water partition coefficient (Wildman–Crippen LogP) is 2.96. The molecule has 2 aromatic carbocycles. The molecule has 170 valence electrons. The number of ether oxygens (including phenoxy) is 1. The zero-order chi connectivity index (χ0) is 22.7. The highest BCUT2D eigenvalue weighted by Gasteiger charge is 2.45. The summed E-state index contributed by atoms with van der Waals surface area (Å²) < 4.78 is 19.9. The Kier molecular flexibility index (Phi) is 6.72. The van der Waals surface area contributed by atoms with Gasteiger partial charge in [-0.25, -0.2) is 14.2 Å². The molecule has 2 heterocycles. The van der Waals surface area contributed by atoms with Crippen LogP contribution in [-0.4, -0.2) is 78.1 Å². The van der Waals surface area contributed by atoms with Crippen molar-refractivity contribution in [1.29, 1.82) is 0 Å². The molecule has 32 heavy (non-hydrogen) atoms. The first kappa shape index (κ1) is 22.2. The average Bonchev–Trinajstić information content (AvgIpc) is 3.21. The van der Waals surface area contributed by atoms with Crippen LogP contribution >= 0.6 is 0 Å². The van der Waals surface area contributed by atoms with Gasteiger partial charge in [0.15, 0.2) is 0 Å². The highest BCUT2D eigenvalue weighted by molar-refractivity contribution is 6.07. The summed E-state index contributed by atoms with van der Waals surface area (Å²) in [7, 11) is 1.75. The molecular weight excluding hydrogens is 411 g/mol. The first-order valence-electron chi connectivity index (χ1n) is 11.0. The fourth-order valence-corrected chi connectivity index (χ4v) is 4.32. The van der Waals surface area contributed by atoms with Gasteiger partial charge in [-0.05, 0) is 30.3 Å². The summed E-state index contributed by atoms with van der Waals surface area (Å²) in [5.74, 6) is 0.0291. The van der Waals surface area contributed by atoms with Crippen LogP contribution in [0.25, 0.3) is 0 Å². The van der Waals surface area contributed by atoms with Crippen molar-refractivity contribution in [2.24, 2.45) is 11.0 Å². The number of hydrogen-bond donors (Lipinski definition) is 1. The van der Waals surface area contributed by atoms with Gasteiger partial charge in [0, 0.05) is 32.2 Å². The van der Waals surface area contributed by atoms with E-state index in [1.165, 1.54) is 17.1 Å². The summed E-state index contributed by atoms with van der Waals surface area (Å²) in [6.07, 6.45) is 0. The Labute approximate surface area is 187 Å². The number of carbonyl (C=O) groups excluding carboxylic acids is 1. The molecular formula is C24H29FN4O3. The van der Waals surface area contributed by atoms with E-state index >= 15 is 0 Å². The molecule has 0 bridgehead atoms. The van der Waals surface area contributed by atoms with Crippen molar-refractivity contribution in [1.82, 2.24) is 14.8 Å². The van der Waals surface area contributed by atoms with Crippen molar-refractivity contribution in [3.05, 3.63) is 65.5 Å². The monoisotopic (exact) mass is 440 g/mol. The quantitative estimate of drug-likeness (QED) is 0.719. The van der Waals surface area contributed by atoms with Crippen LogP contribution in [0, 0.1) is 11.7 Å². The van der Waals surface area contributed by atoms with E-state index < -0.39 is 0 Å². The van der Waals surface area contributed by atoms with E-state index in [0.29, 0.717) is 43.3 Å². The third-order valence-electron chi connectivity index (χ3n) is 6.13. The van der Waals surface area contributed by atoms with Crippen LogP contribution in [0.4, 0.5) is 9.18 Å². The Hall–Kier alpha value is -2.97. The summed E-state index contributed by atoms with van der Waals surface area (Å²) in [6, 6.07) is 13.6. The van der Waals surface area contributed by atoms with Crippen molar-refractivity contribution in [2.45, 2.75) is 13.0 Å². The Bertz CT molecular complexity index is 984. The fraction of sp³-hybridized carbons (Fsp3) is 0.417. The molecule has 2 unspecified atom stereocenters. The number of urea groups is 1. The average molecular weight is 441 g/mol. The van der Waals surface area contributed by atoms with Crippen molar-refractivity contribution >= 4 is 11.7 Å². The number of hydrazone groups is 1. The molecule has 0 aliphatic carbocycles. The Morgan fingerprint density at radius 3 is 2.72 bits per heavy atom. The lowest BCUT2D eigenvalue weighted by Crippen LogP contribution is -2.44. The summed E-state index contributed by atoms with van der Waals surface area (Å²) in [5, 5.41) is 15.4. The maximum atomic E-state index is 14.0. The van der Waals surface area contributed by atoms with Crippen molar-refractivity contribution < 1.29 is 19.0 Å². The van der Waals surface area contributed by atoms with Crippen LogP contribution in [0.3, 0.4) is 0 Å². The van der Waals surface area contributed by atoms with Crippen molar-refractivity contribution in [3.8, 4) is 5.75 Å². The number of rotatable bonds is 7. The molecule has 0 saturated carbocycles. The normalized spacial score (nSPS) is 19.3. The second-order valence-corrected chi connectivity index (χ2v) is 8.11. The van der Waals surface area contributed by atoms with Crippen molar-refractivity contribution in [3.63, 3.8) is 0 Å². The summed E-state index contributed by atoms with van der Waals surface area (Å²) in [5.41, 5.74) is 2.23. The number of aliphatic hydroxyl groups excluding tert-OH is 1. The highest BCUT2D eigenvalue weighted by atomic mass is 19.1. The SMILES string of the molecule is CCN(CCO)CCN(C)C(=O)N1N=C2c3cc(F)ccc3OCC2C1c1ccccc1. The molecule has 2 atom stereocenters. The Morgan fingerprint density at radius 2 is 2.00 bits per heavy atom. The van der Waals surface area contributed by atoms with Gasteiger partial charge in [-0.3, -0.25) is 4.90 Å². The van der Waals surface area contributed by atoms with Crippen LogP contribution in [0.15, 0.2) is 53.6 Å².